The number of rotatable bonds is 1. The van der Waals surface area contributed by atoms with Crippen molar-refractivity contribution in [2.75, 3.05) is 0 Å². The summed E-state index contributed by atoms with van der Waals surface area (Å²) >= 11 is 0. The molecule has 0 fully saturated rings. The van der Waals surface area contributed by atoms with Gasteiger partial charge in [0.25, 0.3) is 0 Å². The zero-order valence-electron chi connectivity index (χ0n) is 6.51. The number of benzene rings is 1. The Balaban J connectivity index is 2.46. The fraction of sp³-hybridized carbons (Fsp3) is 0. The van der Waals surface area contributed by atoms with E-state index in [4.69, 9.17) is 0 Å². The van der Waals surface area contributed by atoms with Crippen LogP contribution in [0.1, 0.15) is 0 Å². The first-order valence-corrected chi connectivity index (χ1v) is 4.71. The Hall–Kier alpha value is -1.20. The van der Waals surface area contributed by atoms with Crippen LogP contribution in [0.2, 0.25) is 0 Å². The van der Waals surface area contributed by atoms with Crippen LogP contribution in [0, 0.1) is 0 Å². The predicted molar refractivity (Wildman–Crippen MR) is 52.2 cm³/mol. The van der Waals surface area contributed by atoms with E-state index in [2.05, 4.69) is 16.9 Å². The lowest BCUT2D eigenvalue weighted by molar-refractivity contribution is 1.49. The van der Waals surface area contributed by atoms with E-state index in [0.717, 1.165) is 14.0 Å². The fourth-order valence-electron chi connectivity index (χ4n) is 1.06. The van der Waals surface area contributed by atoms with Crippen molar-refractivity contribution < 1.29 is 0 Å². The molecule has 0 amide bonds. The highest BCUT2D eigenvalue weighted by atomic mass is 31.0. The average Bonchev–Trinajstić information content (AvgIpc) is 2.21. The van der Waals surface area contributed by atoms with Gasteiger partial charge in [-0.05, 0) is 11.9 Å². The number of aromatic nitrogens is 1. The second-order valence-electron chi connectivity index (χ2n) is 2.47. The van der Waals surface area contributed by atoms with Crippen molar-refractivity contribution in [3.05, 3.63) is 48.3 Å². The molecule has 1 nitrogen and oxygen atoms in total. The normalized spacial score (nSPS) is 10.3. The van der Waals surface area contributed by atoms with Crippen molar-refractivity contribution in [1.82, 2.24) is 4.75 Å². The Bertz CT molecular complexity index is 307. The minimum absolute atomic E-state index is 1.03. The maximum atomic E-state index is 4.35. The maximum Gasteiger partial charge on any atom is 0.0751 e. The summed E-state index contributed by atoms with van der Waals surface area (Å²) in [4.78, 5) is 0. The smallest absolute Gasteiger partial charge is 0.0751 e. The molecule has 0 bridgehead atoms. The van der Waals surface area contributed by atoms with E-state index in [0.29, 0.717) is 0 Å². The van der Waals surface area contributed by atoms with Gasteiger partial charge < -0.3 is 0 Å². The summed E-state index contributed by atoms with van der Waals surface area (Å²) in [5, 5.41) is 0. The summed E-state index contributed by atoms with van der Waals surface area (Å²) in [6.07, 6.45) is 0. The lowest BCUT2D eigenvalue weighted by Gasteiger charge is -1.96. The second-order valence-corrected chi connectivity index (χ2v) is 3.20. The molecule has 2 aromatic rings. The molecule has 0 aliphatic rings. The molecule has 0 saturated carbocycles. The van der Waals surface area contributed by atoms with Gasteiger partial charge in [-0.25, -0.2) is 4.75 Å². The van der Waals surface area contributed by atoms with Gasteiger partial charge >= 0.3 is 0 Å². The van der Waals surface area contributed by atoms with Crippen LogP contribution < -0.4 is 0 Å². The molecule has 1 heterocycles. The quantitative estimate of drug-likeness (QED) is 0.644. The van der Waals surface area contributed by atoms with Gasteiger partial charge in [-0.3, -0.25) is 0 Å². The predicted octanol–water partition coefficient (Wildman–Crippen LogP) is 3.33. The fourth-order valence-corrected chi connectivity index (χ4v) is 1.60. The first-order valence-electron chi connectivity index (χ1n) is 3.80. The topological polar surface area (TPSA) is 12.9 Å². The summed E-state index contributed by atoms with van der Waals surface area (Å²) in [7, 11) is 1.03. The number of hydrogen-bond acceptors (Lipinski definition) is 1. The van der Waals surface area contributed by atoms with Crippen LogP contribution in [-0.4, -0.2) is 4.75 Å². The molecule has 0 atom stereocenters. The van der Waals surface area contributed by atoms with Gasteiger partial charge in [-0.2, -0.15) is 0 Å². The van der Waals surface area contributed by atoms with Crippen molar-refractivity contribution in [2.24, 2.45) is 0 Å². The van der Waals surface area contributed by atoms with Crippen LogP contribution in [0.4, 0.5) is 0 Å². The molecule has 12 heavy (non-hydrogen) atoms. The molecular weight excluding hydrogens is 165 g/mol. The summed E-state index contributed by atoms with van der Waals surface area (Å²) < 4.78 is 4.35. The molecule has 0 N–H and O–H groups in total. The average molecular weight is 173 g/mol. The summed E-state index contributed by atoms with van der Waals surface area (Å²) in [5.74, 6) is 2.02. The van der Waals surface area contributed by atoms with Gasteiger partial charge in [0, 0.05) is 13.9 Å². The van der Waals surface area contributed by atoms with Gasteiger partial charge in [-0.1, -0.05) is 36.4 Å². The zero-order valence-corrected chi connectivity index (χ0v) is 7.41. The number of nitrogens with zero attached hydrogens (tertiary/aromatic N) is 1. The monoisotopic (exact) mass is 173 g/mol. The Kier molecular flexibility index (Phi) is 2.15. The van der Waals surface area contributed by atoms with Gasteiger partial charge in [0.05, 0.1) is 5.69 Å². The molecule has 1 aromatic carbocycles. The molecule has 1 aromatic heterocycles. The summed E-state index contributed by atoms with van der Waals surface area (Å²) in [6.45, 7) is 0. The minimum atomic E-state index is 1.03. The summed E-state index contributed by atoms with van der Waals surface area (Å²) in [5.41, 5.74) is 2.26. The molecule has 0 aliphatic heterocycles. The molecule has 0 unspecified atom stereocenters. The maximum absolute atomic E-state index is 4.35. The Morgan fingerprint density at radius 3 is 2.42 bits per heavy atom. The molecule has 0 aliphatic carbocycles. The molecule has 0 saturated heterocycles. The second kappa shape index (κ2) is 3.46. The van der Waals surface area contributed by atoms with E-state index in [1.165, 1.54) is 5.56 Å². The van der Waals surface area contributed by atoms with Gasteiger partial charge in [0.2, 0.25) is 0 Å². The van der Waals surface area contributed by atoms with Crippen molar-refractivity contribution in [2.45, 2.75) is 0 Å². The SMILES string of the molecule is c1ccc(-c2cccpn2)cc1. The standard InChI is InChI=1S/C10H8NP/c1-2-5-9(6-3-1)10-7-4-8-12-11-10/h1-8H. The highest BCUT2D eigenvalue weighted by Gasteiger charge is 1.93. The Labute approximate surface area is 73.3 Å². The molecule has 2 rings (SSSR count). The third-order valence-corrected chi connectivity index (χ3v) is 2.28. The van der Waals surface area contributed by atoms with Crippen LogP contribution in [-0.2, 0) is 0 Å². The van der Waals surface area contributed by atoms with E-state index in [1.54, 1.807) is 0 Å². The van der Waals surface area contributed by atoms with Crippen molar-refractivity contribution in [3.63, 3.8) is 0 Å². The number of hydrogen-bond donors (Lipinski definition) is 0. The van der Waals surface area contributed by atoms with Crippen molar-refractivity contribution in [1.29, 1.82) is 0 Å². The van der Waals surface area contributed by atoms with Crippen LogP contribution in [0.5, 0.6) is 0 Å². The largest absolute Gasteiger partial charge is 0.227 e. The highest BCUT2D eigenvalue weighted by Crippen LogP contribution is 2.17. The van der Waals surface area contributed by atoms with Gasteiger partial charge in [0.1, 0.15) is 0 Å². The van der Waals surface area contributed by atoms with Crippen molar-refractivity contribution >= 4 is 8.35 Å². The van der Waals surface area contributed by atoms with Crippen LogP contribution >= 0.6 is 8.35 Å². The molecule has 58 valence electrons. The van der Waals surface area contributed by atoms with Crippen LogP contribution in [0.25, 0.3) is 11.3 Å². The van der Waals surface area contributed by atoms with Crippen molar-refractivity contribution in [3.8, 4) is 11.3 Å². The zero-order chi connectivity index (χ0) is 8.23. The third-order valence-electron chi connectivity index (χ3n) is 1.64. The van der Waals surface area contributed by atoms with E-state index in [-0.39, 0.29) is 0 Å². The molecule has 0 spiro atoms. The van der Waals surface area contributed by atoms with Gasteiger partial charge in [-0.15, -0.1) is 0 Å². The van der Waals surface area contributed by atoms with Gasteiger partial charge in [0.15, 0.2) is 0 Å². The van der Waals surface area contributed by atoms with Crippen LogP contribution in [0.3, 0.4) is 0 Å². The van der Waals surface area contributed by atoms with E-state index >= 15 is 0 Å². The Morgan fingerprint density at radius 1 is 0.917 bits per heavy atom. The first kappa shape index (κ1) is 7.45. The van der Waals surface area contributed by atoms with E-state index in [9.17, 15) is 0 Å². The highest BCUT2D eigenvalue weighted by molar-refractivity contribution is 7.24. The summed E-state index contributed by atoms with van der Waals surface area (Å²) in [6, 6.07) is 14.3. The minimum Gasteiger partial charge on any atom is -0.227 e. The molecule has 0 radical (unpaired) electrons. The van der Waals surface area contributed by atoms with E-state index in [1.807, 2.05) is 36.1 Å². The molecular formula is C10H8NP. The Morgan fingerprint density at radius 2 is 1.75 bits per heavy atom. The van der Waals surface area contributed by atoms with E-state index < -0.39 is 0 Å². The third kappa shape index (κ3) is 1.51. The lowest BCUT2D eigenvalue weighted by Crippen LogP contribution is -1.76. The lowest BCUT2D eigenvalue weighted by atomic mass is 10.1. The van der Waals surface area contributed by atoms with Crippen LogP contribution in [0.15, 0.2) is 48.3 Å². The first-order chi connectivity index (χ1) is 5.97. The molecule has 2 heteroatoms.